The van der Waals surface area contributed by atoms with Crippen molar-refractivity contribution in [3.05, 3.63) is 53.3 Å². The van der Waals surface area contributed by atoms with Crippen molar-refractivity contribution in [2.45, 2.75) is 0 Å². The predicted molar refractivity (Wildman–Crippen MR) is 93.5 cm³/mol. The Morgan fingerprint density at radius 3 is 2.58 bits per heavy atom. The van der Waals surface area contributed by atoms with E-state index in [1.165, 1.54) is 0 Å². The highest BCUT2D eigenvalue weighted by atomic mass is 35.5. The second-order valence-corrected chi connectivity index (χ2v) is 5.93. The summed E-state index contributed by atoms with van der Waals surface area (Å²) in [5.74, 6) is -0.283. The highest BCUT2D eigenvalue weighted by Crippen LogP contribution is 2.17. The molecular weight excluding hydrogens is 328 g/mol. The van der Waals surface area contributed by atoms with Crippen LogP contribution in [0.25, 0.3) is 0 Å². The van der Waals surface area contributed by atoms with Gasteiger partial charge in [-0.3, -0.25) is 9.59 Å². The molecule has 1 aromatic carbocycles. The molecule has 3 rings (SSSR count). The smallest absolute Gasteiger partial charge is 0.274 e. The van der Waals surface area contributed by atoms with Gasteiger partial charge in [0.2, 0.25) is 6.41 Å². The van der Waals surface area contributed by atoms with Crippen LogP contribution in [-0.4, -0.2) is 48.4 Å². The number of amides is 2. The van der Waals surface area contributed by atoms with Gasteiger partial charge in [-0.05, 0) is 30.3 Å². The Bertz CT molecular complexity index is 728. The van der Waals surface area contributed by atoms with Gasteiger partial charge in [0.25, 0.3) is 5.91 Å². The molecule has 7 heteroatoms. The summed E-state index contributed by atoms with van der Waals surface area (Å²) in [4.78, 5) is 31.1. The third-order valence-electron chi connectivity index (χ3n) is 3.89. The van der Waals surface area contributed by atoms with E-state index in [0.717, 1.165) is 25.2 Å². The van der Waals surface area contributed by atoms with Crippen LogP contribution in [0.4, 0.5) is 11.4 Å². The van der Waals surface area contributed by atoms with Crippen LogP contribution < -0.4 is 10.2 Å². The van der Waals surface area contributed by atoms with E-state index in [1.54, 1.807) is 41.4 Å². The molecule has 6 nitrogen and oxygen atoms in total. The Morgan fingerprint density at radius 1 is 1.17 bits per heavy atom. The van der Waals surface area contributed by atoms with Crippen molar-refractivity contribution in [3.8, 4) is 0 Å². The first-order chi connectivity index (χ1) is 11.7. The van der Waals surface area contributed by atoms with E-state index in [9.17, 15) is 9.59 Å². The summed E-state index contributed by atoms with van der Waals surface area (Å²) in [5.41, 5.74) is 1.91. The van der Waals surface area contributed by atoms with Gasteiger partial charge in [-0.15, -0.1) is 0 Å². The molecule has 0 bridgehead atoms. The number of carbonyl (C=O) groups is 2. The number of carbonyl (C=O) groups excluding carboxylic acids is 2. The SMILES string of the molecule is O=CN1CCN(c2ccc(C(=O)Nc3cccc(Cl)c3)nc2)CC1. The van der Waals surface area contributed by atoms with Crippen molar-refractivity contribution in [2.75, 3.05) is 36.4 Å². The van der Waals surface area contributed by atoms with E-state index in [1.807, 2.05) is 6.07 Å². The van der Waals surface area contributed by atoms with Crippen molar-refractivity contribution in [2.24, 2.45) is 0 Å². The summed E-state index contributed by atoms with van der Waals surface area (Å²) in [6.45, 7) is 2.91. The molecule has 2 heterocycles. The first-order valence-corrected chi connectivity index (χ1v) is 8.01. The van der Waals surface area contributed by atoms with Gasteiger partial charge in [0, 0.05) is 36.9 Å². The third-order valence-corrected chi connectivity index (χ3v) is 4.13. The number of aromatic nitrogens is 1. The van der Waals surface area contributed by atoms with Crippen LogP contribution in [-0.2, 0) is 4.79 Å². The minimum Gasteiger partial charge on any atom is -0.367 e. The van der Waals surface area contributed by atoms with E-state index in [2.05, 4.69) is 15.2 Å². The average Bonchev–Trinajstić information content (AvgIpc) is 2.62. The Labute approximate surface area is 145 Å². The first kappa shape index (κ1) is 16.3. The molecule has 0 atom stereocenters. The van der Waals surface area contributed by atoms with E-state index >= 15 is 0 Å². The van der Waals surface area contributed by atoms with Crippen molar-refractivity contribution in [1.82, 2.24) is 9.88 Å². The van der Waals surface area contributed by atoms with Crippen molar-refractivity contribution >= 4 is 35.3 Å². The zero-order valence-corrected chi connectivity index (χ0v) is 13.7. The summed E-state index contributed by atoms with van der Waals surface area (Å²) in [6, 6.07) is 10.5. The van der Waals surface area contributed by atoms with Gasteiger partial charge in [-0.2, -0.15) is 0 Å². The number of piperazine rings is 1. The summed E-state index contributed by atoms with van der Waals surface area (Å²) in [7, 11) is 0. The molecule has 24 heavy (non-hydrogen) atoms. The Kier molecular flexibility index (Phi) is 4.96. The number of nitrogens with zero attached hydrogens (tertiary/aromatic N) is 3. The van der Waals surface area contributed by atoms with Gasteiger partial charge >= 0.3 is 0 Å². The summed E-state index contributed by atoms with van der Waals surface area (Å²) in [6.07, 6.45) is 2.56. The molecular formula is C17H17ClN4O2. The molecule has 2 aromatic rings. The topological polar surface area (TPSA) is 65.5 Å². The number of anilines is 2. The molecule has 2 amide bonds. The van der Waals surface area contributed by atoms with Crippen molar-refractivity contribution in [3.63, 3.8) is 0 Å². The second-order valence-electron chi connectivity index (χ2n) is 5.49. The lowest BCUT2D eigenvalue weighted by molar-refractivity contribution is -0.118. The number of pyridine rings is 1. The minimum absolute atomic E-state index is 0.283. The molecule has 1 aliphatic rings. The van der Waals surface area contributed by atoms with E-state index in [0.29, 0.717) is 29.5 Å². The fourth-order valence-corrected chi connectivity index (χ4v) is 2.74. The van der Waals surface area contributed by atoms with E-state index < -0.39 is 0 Å². The van der Waals surface area contributed by atoms with Gasteiger partial charge < -0.3 is 15.1 Å². The van der Waals surface area contributed by atoms with Crippen molar-refractivity contribution < 1.29 is 9.59 Å². The second kappa shape index (κ2) is 7.31. The minimum atomic E-state index is -0.283. The molecule has 1 aliphatic heterocycles. The molecule has 1 saturated heterocycles. The molecule has 0 unspecified atom stereocenters. The summed E-state index contributed by atoms with van der Waals surface area (Å²) >= 11 is 5.90. The molecule has 0 radical (unpaired) electrons. The number of nitrogens with one attached hydrogen (secondary N) is 1. The maximum absolute atomic E-state index is 12.2. The first-order valence-electron chi connectivity index (χ1n) is 7.63. The number of benzene rings is 1. The van der Waals surface area contributed by atoms with Gasteiger partial charge in [0.05, 0.1) is 11.9 Å². The largest absolute Gasteiger partial charge is 0.367 e. The maximum Gasteiger partial charge on any atom is 0.274 e. The fourth-order valence-electron chi connectivity index (χ4n) is 2.55. The van der Waals surface area contributed by atoms with E-state index in [4.69, 9.17) is 11.6 Å². The standard InChI is InChI=1S/C17H17ClN4O2/c18-13-2-1-3-14(10-13)20-17(24)16-5-4-15(11-19-16)22-8-6-21(12-23)7-9-22/h1-5,10-12H,6-9H2,(H,20,24). The van der Waals surface area contributed by atoms with Crippen LogP contribution in [0.15, 0.2) is 42.6 Å². The van der Waals surface area contributed by atoms with Crippen LogP contribution in [0.1, 0.15) is 10.5 Å². The van der Waals surface area contributed by atoms with E-state index in [-0.39, 0.29) is 5.91 Å². The van der Waals surface area contributed by atoms with Gasteiger partial charge in [-0.25, -0.2) is 4.98 Å². The van der Waals surface area contributed by atoms with Crippen LogP contribution in [0, 0.1) is 0 Å². The lowest BCUT2D eigenvalue weighted by atomic mass is 10.2. The number of rotatable bonds is 4. The van der Waals surface area contributed by atoms with Crippen LogP contribution in [0.5, 0.6) is 0 Å². The van der Waals surface area contributed by atoms with Crippen LogP contribution >= 0.6 is 11.6 Å². The molecule has 1 N–H and O–H groups in total. The Morgan fingerprint density at radius 2 is 1.96 bits per heavy atom. The monoisotopic (exact) mass is 344 g/mol. The fraction of sp³-hybridized carbons (Fsp3) is 0.235. The normalized spacial score (nSPS) is 14.4. The number of hydrogen-bond donors (Lipinski definition) is 1. The van der Waals surface area contributed by atoms with Crippen molar-refractivity contribution in [1.29, 1.82) is 0 Å². The average molecular weight is 345 g/mol. The maximum atomic E-state index is 12.2. The zero-order valence-electron chi connectivity index (χ0n) is 13.0. The van der Waals surface area contributed by atoms with Crippen LogP contribution in [0.3, 0.4) is 0 Å². The van der Waals surface area contributed by atoms with Gasteiger partial charge in [-0.1, -0.05) is 17.7 Å². The number of halogens is 1. The molecule has 0 spiro atoms. The lowest BCUT2D eigenvalue weighted by Gasteiger charge is -2.33. The van der Waals surface area contributed by atoms with Gasteiger partial charge in [0.15, 0.2) is 0 Å². The molecule has 1 aromatic heterocycles. The Balaban J connectivity index is 1.64. The zero-order chi connectivity index (χ0) is 16.9. The quantitative estimate of drug-likeness (QED) is 0.864. The highest BCUT2D eigenvalue weighted by molar-refractivity contribution is 6.30. The summed E-state index contributed by atoms with van der Waals surface area (Å²) < 4.78 is 0. The predicted octanol–water partition coefficient (Wildman–Crippen LogP) is 2.27. The number of hydrogen-bond acceptors (Lipinski definition) is 4. The lowest BCUT2D eigenvalue weighted by Crippen LogP contribution is -2.45. The molecule has 1 fully saturated rings. The third kappa shape index (κ3) is 3.83. The van der Waals surface area contributed by atoms with Crippen LogP contribution in [0.2, 0.25) is 5.02 Å². The Hall–Kier alpha value is -2.60. The molecule has 124 valence electrons. The van der Waals surface area contributed by atoms with Gasteiger partial charge in [0.1, 0.15) is 5.69 Å². The molecule has 0 saturated carbocycles. The molecule has 0 aliphatic carbocycles. The highest BCUT2D eigenvalue weighted by Gasteiger charge is 2.16. The summed E-state index contributed by atoms with van der Waals surface area (Å²) in [5, 5.41) is 3.33.